The average molecular weight is 273 g/mol. The van der Waals surface area contributed by atoms with Crippen LogP contribution in [-0.2, 0) is 9.59 Å². The number of hydrogen-bond donors (Lipinski definition) is 1. The van der Waals surface area contributed by atoms with Crippen molar-refractivity contribution < 1.29 is 9.59 Å². The first-order valence-corrected chi connectivity index (χ1v) is 7.29. The number of rotatable bonds is 3. The Bertz CT molecular complexity index is 534. The van der Waals surface area contributed by atoms with E-state index in [0.29, 0.717) is 12.3 Å². The minimum atomic E-state index is -0.153. The first-order valence-electron chi connectivity index (χ1n) is 7.29. The lowest BCUT2D eigenvalue weighted by atomic mass is 9.75. The third-order valence-corrected chi connectivity index (χ3v) is 4.04. The number of amides is 2. The smallest absolute Gasteiger partial charge is 0.230 e. The van der Waals surface area contributed by atoms with Gasteiger partial charge in [-0.2, -0.15) is 0 Å². The molecule has 3 nitrogen and oxygen atoms in total. The molecule has 1 saturated heterocycles. The molecule has 0 radical (unpaired) electrons. The summed E-state index contributed by atoms with van der Waals surface area (Å²) in [6.45, 7) is 8.35. The van der Waals surface area contributed by atoms with Crippen LogP contribution in [0.3, 0.4) is 0 Å². The van der Waals surface area contributed by atoms with E-state index in [1.807, 2.05) is 0 Å². The quantitative estimate of drug-likeness (QED) is 0.860. The lowest BCUT2D eigenvalue weighted by molar-refractivity contribution is -0.137. The summed E-state index contributed by atoms with van der Waals surface area (Å²) in [5.74, 6) is 0.0838. The van der Waals surface area contributed by atoms with E-state index in [0.717, 1.165) is 12.0 Å². The molecule has 0 aliphatic carbocycles. The Morgan fingerprint density at radius 2 is 1.95 bits per heavy atom. The highest BCUT2D eigenvalue weighted by molar-refractivity contribution is 5.99. The van der Waals surface area contributed by atoms with E-state index in [1.165, 1.54) is 11.1 Å². The first kappa shape index (κ1) is 14.8. The van der Waals surface area contributed by atoms with E-state index < -0.39 is 0 Å². The van der Waals surface area contributed by atoms with Gasteiger partial charge in [0.2, 0.25) is 11.8 Å². The van der Waals surface area contributed by atoms with Crippen LogP contribution in [0.1, 0.15) is 49.3 Å². The van der Waals surface area contributed by atoms with Gasteiger partial charge in [-0.3, -0.25) is 14.9 Å². The number of benzene rings is 1. The maximum atomic E-state index is 12.2. The SMILES string of the molecule is Cc1ccc(C2CC(=O)NC(=O)C2CC(C)C)c(C)c1. The van der Waals surface area contributed by atoms with E-state index in [1.54, 1.807) is 0 Å². The summed E-state index contributed by atoms with van der Waals surface area (Å²) < 4.78 is 0. The highest BCUT2D eigenvalue weighted by Gasteiger charge is 2.37. The van der Waals surface area contributed by atoms with Gasteiger partial charge >= 0.3 is 0 Å². The minimum Gasteiger partial charge on any atom is -0.296 e. The van der Waals surface area contributed by atoms with Crippen LogP contribution >= 0.6 is 0 Å². The van der Waals surface area contributed by atoms with Gasteiger partial charge in [-0.25, -0.2) is 0 Å². The molecule has 0 saturated carbocycles. The fourth-order valence-electron chi connectivity index (χ4n) is 3.15. The lowest BCUT2D eigenvalue weighted by Gasteiger charge is -2.32. The molecule has 20 heavy (non-hydrogen) atoms. The van der Waals surface area contributed by atoms with Crippen molar-refractivity contribution in [1.29, 1.82) is 0 Å². The van der Waals surface area contributed by atoms with Crippen molar-refractivity contribution >= 4 is 11.8 Å². The molecule has 1 aliphatic heterocycles. The number of hydrogen-bond acceptors (Lipinski definition) is 2. The Balaban J connectivity index is 2.37. The highest BCUT2D eigenvalue weighted by atomic mass is 16.2. The normalized spacial score (nSPS) is 23.1. The van der Waals surface area contributed by atoms with Crippen molar-refractivity contribution in [2.75, 3.05) is 0 Å². The van der Waals surface area contributed by atoms with Crippen LogP contribution in [0, 0.1) is 25.7 Å². The number of imide groups is 1. The van der Waals surface area contributed by atoms with Crippen molar-refractivity contribution in [2.24, 2.45) is 11.8 Å². The molecule has 0 aromatic heterocycles. The Kier molecular flexibility index (Phi) is 4.26. The standard InChI is InChI=1S/C17H23NO2/c1-10(2)7-15-14(9-16(19)18-17(15)20)13-6-5-11(3)8-12(13)4/h5-6,8,10,14-15H,7,9H2,1-4H3,(H,18,19,20). The van der Waals surface area contributed by atoms with Crippen LogP contribution in [0.4, 0.5) is 0 Å². The van der Waals surface area contributed by atoms with E-state index in [4.69, 9.17) is 0 Å². The van der Waals surface area contributed by atoms with Crippen LogP contribution in [0.15, 0.2) is 18.2 Å². The maximum absolute atomic E-state index is 12.2. The molecule has 1 aromatic rings. The molecule has 0 bridgehead atoms. The molecule has 108 valence electrons. The fraction of sp³-hybridized carbons (Fsp3) is 0.529. The summed E-state index contributed by atoms with van der Waals surface area (Å²) in [5, 5.41) is 2.49. The van der Waals surface area contributed by atoms with E-state index in [2.05, 4.69) is 51.2 Å². The largest absolute Gasteiger partial charge is 0.296 e. The second kappa shape index (κ2) is 5.78. The lowest BCUT2D eigenvalue weighted by Crippen LogP contribution is -2.45. The van der Waals surface area contributed by atoms with E-state index >= 15 is 0 Å². The van der Waals surface area contributed by atoms with Gasteiger partial charge in [-0.15, -0.1) is 0 Å². The molecule has 1 aliphatic rings. The summed E-state index contributed by atoms with van der Waals surface area (Å²) in [4.78, 5) is 23.9. The monoisotopic (exact) mass is 273 g/mol. The zero-order valence-corrected chi connectivity index (χ0v) is 12.7. The van der Waals surface area contributed by atoms with Crippen molar-refractivity contribution in [3.8, 4) is 0 Å². The molecule has 1 aromatic carbocycles. The van der Waals surface area contributed by atoms with Crippen LogP contribution < -0.4 is 5.32 Å². The molecule has 1 fully saturated rings. The Hall–Kier alpha value is -1.64. The molecule has 2 rings (SSSR count). The van der Waals surface area contributed by atoms with Crippen molar-refractivity contribution in [2.45, 2.75) is 46.5 Å². The molecule has 3 heteroatoms. The molecule has 2 atom stereocenters. The predicted molar refractivity (Wildman–Crippen MR) is 79.4 cm³/mol. The van der Waals surface area contributed by atoms with Crippen LogP contribution in [-0.4, -0.2) is 11.8 Å². The topological polar surface area (TPSA) is 46.2 Å². The summed E-state index contributed by atoms with van der Waals surface area (Å²) >= 11 is 0. The summed E-state index contributed by atoms with van der Waals surface area (Å²) in [6.07, 6.45) is 1.23. The molecule has 0 spiro atoms. The molecular formula is C17H23NO2. The second-order valence-corrected chi connectivity index (χ2v) is 6.32. The van der Waals surface area contributed by atoms with Crippen molar-refractivity contribution in [1.82, 2.24) is 5.32 Å². The summed E-state index contributed by atoms with van der Waals surface area (Å²) in [6, 6.07) is 6.26. The van der Waals surface area contributed by atoms with Gasteiger partial charge in [0.1, 0.15) is 0 Å². The van der Waals surface area contributed by atoms with E-state index in [-0.39, 0.29) is 23.7 Å². The fourth-order valence-corrected chi connectivity index (χ4v) is 3.15. The zero-order valence-electron chi connectivity index (χ0n) is 12.7. The van der Waals surface area contributed by atoms with Gasteiger partial charge in [0.15, 0.2) is 0 Å². The third kappa shape index (κ3) is 3.09. The number of piperidine rings is 1. The zero-order chi connectivity index (χ0) is 14.9. The Morgan fingerprint density at radius 1 is 1.25 bits per heavy atom. The molecule has 1 heterocycles. The summed E-state index contributed by atoms with van der Waals surface area (Å²) in [5.41, 5.74) is 3.52. The molecule has 1 N–H and O–H groups in total. The first-order chi connectivity index (χ1) is 9.38. The predicted octanol–water partition coefficient (Wildman–Crippen LogP) is 3.10. The molecular weight excluding hydrogens is 250 g/mol. The number of aryl methyl sites for hydroxylation is 2. The number of carbonyl (C=O) groups excluding carboxylic acids is 2. The average Bonchev–Trinajstić information content (AvgIpc) is 2.32. The van der Waals surface area contributed by atoms with Gasteiger partial charge in [0, 0.05) is 18.3 Å². The second-order valence-electron chi connectivity index (χ2n) is 6.32. The molecule has 2 amide bonds. The van der Waals surface area contributed by atoms with Crippen molar-refractivity contribution in [3.63, 3.8) is 0 Å². The number of carbonyl (C=O) groups is 2. The molecule has 2 unspecified atom stereocenters. The van der Waals surface area contributed by atoms with Gasteiger partial charge < -0.3 is 0 Å². The van der Waals surface area contributed by atoms with Crippen LogP contribution in [0.5, 0.6) is 0 Å². The van der Waals surface area contributed by atoms with Crippen LogP contribution in [0.25, 0.3) is 0 Å². The van der Waals surface area contributed by atoms with Crippen LogP contribution in [0.2, 0.25) is 0 Å². The van der Waals surface area contributed by atoms with E-state index in [9.17, 15) is 9.59 Å². The summed E-state index contributed by atoms with van der Waals surface area (Å²) in [7, 11) is 0. The van der Waals surface area contributed by atoms with Gasteiger partial charge in [-0.05, 0) is 37.3 Å². The highest BCUT2D eigenvalue weighted by Crippen LogP contribution is 2.36. The Labute approximate surface area is 120 Å². The van der Waals surface area contributed by atoms with Crippen molar-refractivity contribution in [3.05, 3.63) is 34.9 Å². The minimum absolute atomic E-state index is 0.0132. The van der Waals surface area contributed by atoms with Gasteiger partial charge in [0.25, 0.3) is 0 Å². The van der Waals surface area contributed by atoms with Gasteiger partial charge in [0.05, 0.1) is 0 Å². The Morgan fingerprint density at radius 3 is 2.55 bits per heavy atom. The maximum Gasteiger partial charge on any atom is 0.230 e. The number of nitrogens with one attached hydrogen (secondary N) is 1. The van der Waals surface area contributed by atoms with Gasteiger partial charge in [-0.1, -0.05) is 37.6 Å². The third-order valence-electron chi connectivity index (χ3n) is 4.04.